The van der Waals surface area contributed by atoms with Gasteiger partial charge in [0.1, 0.15) is 0 Å². The quantitative estimate of drug-likeness (QED) is 0.573. The number of rotatable bonds is 4. The van der Waals surface area contributed by atoms with Crippen LogP contribution in [0.15, 0.2) is 24.3 Å². The van der Waals surface area contributed by atoms with Gasteiger partial charge in [-0.2, -0.15) is 0 Å². The molecular weight excluding hydrogens is 202 g/mol. The van der Waals surface area contributed by atoms with Crippen molar-refractivity contribution in [3.8, 4) is 0 Å². The molecule has 0 bridgehead atoms. The summed E-state index contributed by atoms with van der Waals surface area (Å²) in [5.74, 6) is 0.473. The summed E-state index contributed by atoms with van der Waals surface area (Å²) >= 11 is 0. The third-order valence-electron chi connectivity index (χ3n) is 3.19. The van der Waals surface area contributed by atoms with E-state index in [9.17, 15) is 9.59 Å². The van der Waals surface area contributed by atoms with Gasteiger partial charge in [0.05, 0.1) is 0 Å². The molecule has 3 nitrogen and oxygen atoms in total. The second-order valence-corrected chi connectivity index (χ2v) is 4.26. The van der Waals surface area contributed by atoms with Crippen LogP contribution in [0.2, 0.25) is 0 Å². The number of ketones is 1. The molecule has 0 spiro atoms. The topological polar surface area (TPSA) is 37.4 Å². The van der Waals surface area contributed by atoms with E-state index in [-0.39, 0.29) is 11.7 Å². The van der Waals surface area contributed by atoms with Crippen LogP contribution in [0.4, 0.5) is 5.69 Å². The maximum Gasteiger partial charge on any atom is 0.213 e. The fourth-order valence-corrected chi connectivity index (χ4v) is 1.83. The molecule has 0 unspecified atom stereocenters. The molecule has 0 radical (unpaired) electrons. The summed E-state index contributed by atoms with van der Waals surface area (Å²) in [7, 11) is 1.69. The van der Waals surface area contributed by atoms with E-state index in [0.29, 0.717) is 0 Å². The summed E-state index contributed by atoms with van der Waals surface area (Å²) in [6.07, 6.45) is 3.97. The lowest BCUT2D eigenvalue weighted by Crippen LogP contribution is -2.22. The van der Waals surface area contributed by atoms with Crippen molar-refractivity contribution in [2.24, 2.45) is 5.92 Å². The van der Waals surface area contributed by atoms with Crippen molar-refractivity contribution in [1.29, 1.82) is 0 Å². The fourth-order valence-electron chi connectivity index (χ4n) is 1.83. The molecule has 1 saturated carbocycles. The molecule has 0 aromatic heterocycles. The number of benzene rings is 1. The number of nitrogens with zero attached hydrogens (tertiary/aromatic N) is 1. The Bertz CT molecular complexity index is 393. The highest BCUT2D eigenvalue weighted by Crippen LogP contribution is 2.30. The van der Waals surface area contributed by atoms with Crippen molar-refractivity contribution in [3.63, 3.8) is 0 Å². The van der Waals surface area contributed by atoms with Crippen molar-refractivity contribution in [2.75, 3.05) is 11.9 Å². The smallest absolute Gasteiger partial charge is 0.213 e. The molecular formula is C13H15NO2. The Balaban J connectivity index is 2.12. The van der Waals surface area contributed by atoms with Gasteiger partial charge in [-0.25, -0.2) is 0 Å². The molecule has 0 N–H and O–H groups in total. The summed E-state index contributed by atoms with van der Waals surface area (Å²) < 4.78 is 0. The molecule has 2 rings (SSSR count). The highest BCUT2D eigenvalue weighted by Gasteiger charge is 2.25. The minimum absolute atomic E-state index is 0.231. The molecule has 1 amide bonds. The van der Waals surface area contributed by atoms with E-state index in [1.165, 1.54) is 11.3 Å². The monoisotopic (exact) mass is 217 g/mol. The van der Waals surface area contributed by atoms with Crippen molar-refractivity contribution in [2.45, 2.75) is 19.3 Å². The van der Waals surface area contributed by atoms with Crippen LogP contribution in [0.25, 0.3) is 0 Å². The van der Waals surface area contributed by atoms with Gasteiger partial charge in [-0.05, 0) is 37.1 Å². The SMILES string of the molecule is CN(C=O)c1ccc(C(=O)C2CCC2)cc1. The summed E-state index contributed by atoms with van der Waals surface area (Å²) in [4.78, 5) is 23.9. The van der Waals surface area contributed by atoms with E-state index in [1.807, 2.05) is 0 Å². The van der Waals surface area contributed by atoms with Crippen molar-refractivity contribution < 1.29 is 9.59 Å². The van der Waals surface area contributed by atoms with Crippen LogP contribution in [0.1, 0.15) is 29.6 Å². The van der Waals surface area contributed by atoms with E-state index in [1.54, 1.807) is 31.3 Å². The van der Waals surface area contributed by atoms with Gasteiger partial charge >= 0.3 is 0 Å². The van der Waals surface area contributed by atoms with Crippen LogP contribution in [0, 0.1) is 5.92 Å². The lowest BCUT2D eigenvalue weighted by molar-refractivity contribution is -0.107. The van der Waals surface area contributed by atoms with Gasteiger partial charge in [-0.3, -0.25) is 9.59 Å². The van der Waals surface area contributed by atoms with Gasteiger partial charge in [0.15, 0.2) is 5.78 Å². The minimum Gasteiger partial charge on any atom is -0.318 e. The highest BCUT2D eigenvalue weighted by atomic mass is 16.1. The minimum atomic E-state index is 0.231. The zero-order valence-electron chi connectivity index (χ0n) is 9.35. The van der Waals surface area contributed by atoms with Crippen LogP contribution in [0.3, 0.4) is 0 Å². The molecule has 16 heavy (non-hydrogen) atoms. The molecule has 3 heteroatoms. The van der Waals surface area contributed by atoms with Gasteiger partial charge in [-0.1, -0.05) is 6.42 Å². The van der Waals surface area contributed by atoms with Crippen molar-refractivity contribution in [1.82, 2.24) is 0 Å². The van der Waals surface area contributed by atoms with Gasteiger partial charge in [0, 0.05) is 24.2 Å². The average molecular weight is 217 g/mol. The Morgan fingerprint density at radius 2 is 1.94 bits per heavy atom. The summed E-state index contributed by atoms with van der Waals surface area (Å²) in [6, 6.07) is 7.21. The van der Waals surface area contributed by atoms with Crippen molar-refractivity contribution in [3.05, 3.63) is 29.8 Å². The Labute approximate surface area is 95.1 Å². The molecule has 1 aliphatic rings. The van der Waals surface area contributed by atoms with Crippen molar-refractivity contribution >= 4 is 17.9 Å². The predicted octanol–water partition coefficient (Wildman–Crippen LogP) is 2.26. The predicted molar refractivity (Wildman–Crippen MR) is 62.6 cm³/mol. The highest BCUT2D eigenvalue weighted by molar-refractivity contribution is 5.98. The van der Waals surface area contributed by atoms with Gasteiger partial charge < -0.3 is 4.90 Å². The molecule has 0 aliphatic heterocycles. The number of amides is 1. The van der Waals surface area contributed by atoms with Crippen LogP contribution >= 0.6 is 0 Å². The number of carbonyl (C=O) groups excluding carboxylic acids is 2. The summed E-state index contributed by atoms with van der Waals surface area (Å²) in [6.45, 7) is 0. The lowest BCUT2D eigenvalue weighted by atomic mass is 9.80. The second kappa shape index (κ2) is 4.47. The van der Waals surface area contributed by atoms with Gasteiger partial charge in [0.2, 0.25) is 6.41 Å². The number of anilines is 1. The maximum atomic E-state index is 11.9. The Hall–Kier alpha value is -1.64. The second-order valence-electron chi connectivity index (χ2n) is 4.26. The average Bonchev–Trinajstić information content (AvgIpc) is 2.26. The molecule has 0 heterocycles. The van der Waals surface area contributed by atoms with Gasteiger partial charge in [0.25, 0.3) is 0 Å². The van der Waals surface area contributed by atoms with Crippen LogP contribution in [0.5, 0.6) is 0 Å². The molecule has 0 atom stereocenters. The fraction of sp³-hybridized carbons (Fsp3) is 0.385. The summed E-state index contributed by atoms with van der Waals surface area (Å²) in [5, 5.41) is 0. The van der Waals surface area contributed by atoms with E-state index >= 15 is 0 Å². The number of hydrogen-bond donors (Lipinski definition) is 0. The zero-order valence-corrected chi connectivity index (χ0v) is 9.35. The first-order valence-corrected chi connectivity index (χ1v) is 5.55. The summed E-state index contributed by atoms with van der Waals surface area (Å²) in [5.41, 5.74) is 1.56. The van der Waals surface area contributed by atoms with Gasteiger partial charge in [-0.15, -0.1) is 0 Å². The normalized spacial score (nSPS) is 15.3. The Kier molecular flexibility index (Phi) is 3.04. The standard InChI is InChI=1S/C13H15NO2/c1-14(9-15)12-7-5-11(6-8-12)13(16)10-3-2-4-10/h5-10H,2-4H2,1H3. The maximum absolute atomic E-state index is 11.9. The third-order valence-corrected chi connectivity index (χ3v) is 3.19. The molecule has 1 aromatic carbocycles. The molecule has 84 valence electrons. The van der Waals surface area contributed by atoms with E-state index in [4.69, 9.17) is 0 Å². The first-order valence-electron chi connectivity index (χ1n) is 5.55. The molecule has 1 fully saturated rings. The molecule has 1 aliphatic carbocycles. The first kappa shape index (κ1) is 10.9. The Morgan fingerprint density at radius 1 is 1.31 bits per heavy atom. The van der Waals surface area contributed by atoms with Crippen LogP contribution in [-0.2, 0) is 4.79 Å². The van der Waals surface area contributed by atoms with Crippen LogP contribution in [-0.4, -0.2) is 19.2 Å². The first-order chi connectivity index (χ1) is 7.72. The van der Waals surface area contributed by atoms with E-state index in [2.05, 4.69) is 0 Å². The van der Waals surface area contributed by atoms with E-state index in [0.717, 1.165) is 30.5 Å². The lowest BCUT2D eigenvalue weighted by Gasteiger charge is -2.23. The molecule has 0 saturated heterocycles. The van der Waals surface area contributed by atoms with Crippen LogP contribution < -0.4 is 4.90 Å². The third kappa shape index (κ3) is 1.98. The largest absolute Gasteiger partial charge is 0.318 e. The van der Waals surface area contributed by atoms with E-state index < -0.39 is 0 Å². The zero-order chi connectivity index (χ0) is 11.5. The number of hydrogen-bond acceptors (Lipinski definition) is 2. The molecule has 1 aromatic rings. The number of carbonyl (C=O) groups is 2. The Morgan fingerprint density at radius 3 is 2.38 bits per heavy atom. The number of Topliss-reactive ketones (excluding diaryl/α,β-unsaturated/α-hetero) is 1.